The van der Waals surface area contributed by atoms with Crippen molar-refractivity contribution in [2.75, 3.05) is 0 Å². The van der Waals surface area contributed by atoms with Gasteiger partial charge in [-0.15, -0.1) is 0 Å². The van der Waals surface area contributed by atoms with Crippen molar-refractivity contribution < 1.29 is 19.7 Å². The number of aromatic amines is 1. The van der Waals surface area contributed by atoms with Crippen LogP contribution in [0.5, 0.6) is 17.4 Å². The highest BCUT2D eigenvalue weighted by molar-refractivity contribution is 7.71. The number of H-pyrrole nitrogens is 1. The third kappa shape index (κ3) is 5.15. The molecule has 1 aliphatic heterocycles. The lowest BCUT2D eigenvalue weighted by atomic mass is 10.0. The van der Waals surface area contributed by atoms with Crippen molar-refractivity contribution in [3.63, 3.8) is 0 Å². The van der Waals surface area contributed by atoms with Crippen molar-refractivity contribution >= 4 is 30.0 Å². The summed E-state index contributed by atoms with van der Waals surface area (Å²) in [5, 5.41) is 20.0. The second-order valence-electron chi connectivity index (χ2n) is 7.97. The molecule has 0 amide bonds. The largest absolute Gasteiger partial charge is 0.494 e. The number of rotatable bonds is 7. The van der Waals surface area contributed by atoms with Gasteiger partial charge >= 0.3 is 5.97 Å². The highest BCUT2D eigenvalue weighted by atomic mass is 32.1. The van der Waals surface area contributed by atoms with Gasteiger partial charge in [0, 0.05) is 12.1 Å². The normalized spacial score (nSPS) is 14.3. The summed E-state index contributed by atoms with van der Waals surface area (Å²) in [7, 11) is 0. The Morgan fingerprint density at radius 3 is 2.43 bits per heavy atom. The SMILES string of the molecule is CC1=NC(=Cc2c(O)n(-c3ccc(Oc4ccccc4)cc3)c(=S)[nH]c2=O)C(C)=C1CCC(=O)O. The summed E-state index contributed by atoms with van der Waals surface area (Å²) in [4.78, 5) is 30.7. The monoisotopic (exact) mass is 489 g/mol. The van der Waals surface area contributed by atoms with Crippen LogP contribution in [0, 0.1) is 4.77 Å². The lowest BCUT2D eigenvalue weighted by Crippen LogP contribution is -2.16. The number of aliphatic carboxylic acids is 1. The highest BCUT2D eigenvalue weighted by Gasteiger charge is 2.20. The van der Waals surface area contributed by atoms with Crippen LogP contribution in [-0.4, -0.2) is 31.4 Å². The summed E-state index contributed by atoms with van der Waals surface area (Å²) >= 11 is 5.31. The minimum absolute atomic E-state index is 0.00593. The molecule has 3 N–H and O–H groups in total. The molecule has 35 heavy (non-hydrogen) atoms. The fourth-order valence-electron chi connectivity index (χ4n) is 3.83. The number of carboxylic acid groups (broad SMARTS) is 1. The minimum atomic E-state index is -0.896. The van der Waals surface area contributed by atoms with E-state index in [0.29, 0.717) is 35.0 Å². The molecule has 4 rings (SSSR count). The van der Waals surface area contributed by atoms with Gasteiger partial charge in [0.05, 0.1) is 11.4 Å². The molecule has 0 atom stereocenters. The van der Waals surface area contributed by atoms with Crippen molar-refractivity contribution in [1.29, 1.82) is 0 Å². The molecule has 8 nitrogen and oxygen atoms in total. The second-order valence-corrected chi connectivity index (χ2v) is 8.35. The number of aliphatic imine (C=N–C) groups is 1. The quantitative estimate of drug-likeness (QED) is 0.383. The number of aromatic nitrogens is 2. The number of allylic oxidation sites excluding steroid dienone is 2. The maximum Gasteiger partial charge on any atom is 0.303 e. The zero-order chi connectivity index (χ0) is 25.1. The number of hydrogen-bond acceptors (Lipinski definition) is 6. The Labute approximate surface area is 206 Å². The van der Waals surface area contributed by atoms with Crippen LogP contribution in [0.4, 0.5) is 0 Å². The Morgan fingerprint density at radius 2 is 1.77 bits per heavy atom. The van der Waals surface area contributed by atoms with Gasteiger partial charge in [0.1, 0.15) is 17.1 Å². The molecule has 0 saturated carbocycles. The van der Waals surface area contributed by atoms with Gasteiger partial charge in [-0.25, -0.2) is 0 Å². The van der Waals surface area contributed by atoms with E-state index in [-0.39, 0.29) is 22.6 Å². The van der Waals surface area contributed by atoms with Crippen molar-refractivity contribution in [2.45, 2.75) is 26.7 Å². The van der Waals surface area contributed by atoms with Crippen LogP contribution in [-0.2, 0) is 4.79 Å². The summed E-state index contributed by atoms with van der Waals surface area (Å²) < 4.78 is 7.19. The van der Waals surface area contributed by atoms with E-state index in [2.05, 4.69) is 9.98 Å². The lowest BCUT2D eigenvalue weighted by molar-refractivity contribution is -0.136. The van der Waals surface area contributed by atoms with E-state index in [4.69, 9.17) is 22.1 Å². The average Bonchev–Trinajstić information content (AvgIpc) is 3.09. The third-order valence-corrected chi connectivity index (χ3v) is 5.91. The molecule has 9 heteroatoms. The summed E-state index contributed by atoms with van der Waals surface area (Å²) in [5.41, 5.74) is 2.72. The van der Waals surface area contributed by atoms with Crippen LogP contribution in [0.25, 0.3) is 11.8 Å². The fourth-order valence-corrected chi connectivity index (χ4v) is 4.12. The second kappa shape index (κ2) is 9.94. The van der Waals surface area contributed by atoms with Crippen LogP contribution in [0.15, 0.2) is 81.2 Å². The first-order valence-corrected chi connectivity index (χ1v) is 11.3. The van der Waals surface area contributed by atoms with Gasteiger partial charge in [0.25, 0.3) is 5.56 Å². The van der Waals surface area contributed by atoms with Crippen molar-refractivity contribution in [3.8, 4) is 23.1 Å². The molecule has 0 bridgehead atoms. The predicted octanol–water partition coefficient (Wildman–Crippen LogP) is 5.39. The standard InChI is InChI=1S/C26H23N3O5S/c1-15-20(12-13-23(30)31)16(2)27-22(15)14-21-24(32)28-26(35)29(25(21)33)17-8-10-19(11-9-17)34-18-6-4-3-5-7-18/h3-11,14,33H,12-13H2,1-2H3,(H,30,31)(H,28,32,35). The van der Waals surface area contributed by atoms with Crippen LogP contribution >= 0.6 is 12.2 Å². The maximum absolute atomic E-state index is 12.7. The number of carbonyl (C=O) groups is 1. The average molecular weight is 490 g/mol. The first-order chi connectivity index (χ1) is 16.7. The number of hydrogen-bond donors (Lipinski definition) is 3. The number of para-hydroxylation sites is 1. The van der Waals surface area contributed by atoms with Gasteiger partial charge in [-0.3, -0.25) is 24.1 Å². The smallest absolute Gasteiger partial charge is 0.303 e. The molecule has 0 fully saturated rings. The Balaban J connectivity index is 1.70. The van der Waals surface area contributed by atoms with E-state index in [0.717, 1.165) is 11.1 Å². The molecule has 1 aromatic heterocycles. The van der Waals surface area contributed by atoms with Gasteiger partial charge in [-0.05, 0) is 86.1 Å². The molecule has 0 unspecified atom stereocenters. The summed E-state index contributed by atoms with van der Waals surface area (Å²) in [6.45, 7) is 3.60. The van der Waals surface area contributed by atoms with Gasteiger partial charge < -0.3 is 14.9 Å². The fraction of sp³-hybridized carbons (Fsp3) is 0.154. The zero-order valence-electron chi connectivity index (χ0n) is 19.1. The minimum Gasteiger partial charge on any atom is -0.494 e. The predicted molar refractivity (Wildman–Crippen MR) is 136 cm³/mol. The van der Waals surface area contributed by atoms with Crippen LogP contribution in [0.2, 0.25) is 0 Å². The lowest BCUT2D eigenvalue weighted by Gasteiger charge is -2.13. The van der Waals surface area contributed by atoms with Gasteiger partial charge in [0.15, 0.2) is 4.77 Å². The van der Waals surface area contributed by atoms with E-state index in [1.165, 1.54) is 10.6 Å². The molecule has 1 aliphatic rings. The van der Waals surface area contributed by atoms with Crippen molar-refractivity contribution in [2.24, 2.45) is 4.99 Å². The van der Waals surface area contributed by atoms with Crippen molar-refractivity contribution in [3.05, 3.63) is 92.1 Å². The van der Waals surface area contributed by atoms with Crippen LogP contribution in [0.1, 0.15) is 32.3 Å². The molecule has 0 spiro atoms. The highest BCUT2D eigenvalue weighted by Crippen LogP contribution is 2.31. The zero-order valence-corrected chi connectivity index (χ0v) is 19.9. The summed E-state index contributed by atoms with van der Waals surface area (Å²) in [6.07, 6.45) is 1.80. The third-order valence-electron chi connectivity index (χ3n) is 5.63. The van der Waals surface area contributed by atoms with E-state index < -0.39 is 11.5 Å². The van der Waals surface area contributed by atoms with Crippen molar-refractivity contribution in [1.82, 2.24) is 9.55 Å². The molecule has 0 saturated heterocycles. The first-order valence-electron chi connectivity index (χ1n) is 10.9. The molecule has 0 aliphatic carbocycles. The number of carboxylic acids is 1. The molecule has 2 aromatic carbocycles. The molecule has 2 heterocycles. The molecule has 3 aromatic rings. The topological polar surface area (TPSA) is 117 Å². The molecular formula is C26H23N3O5S. The molecular weight excluding hydrogens is 466 g/mol. The van der Waals surface area contributed by atoms with E-state index in [1.807, 2.05) is 37.3 Å². The van der Waals surface area contributed by atoms with Gasteiger partial charge in [0.2, 0.25) is 5.88 Å². The Bertz CT molecular complexity index is 1500. The van der Waals surface area contributed by atoms with Gasteiger partial charge in [-0.2, -0.15) is 0 Å². The van der Waals surface area contributed by atoms with E-state index in [9.17, 15) is 14.7 Å². The molecule has 0 radical (unpaired) electrons. The summed E-state index contributed by atoms with van der Waals surface area (Å²) in [5.74, 6) is 0.0638. The first kappa shape index (κ1) is 23.9. The number of aromatic hydroxyl groups is 1. The number of benzene rings is 2. The Kier molecular flexibility index (Phi) is 6.79. The van der Waals surface area contributed by atoms with Crippen LogP contribution < -0.4 is 10.3 Å². The van der Waals surface area contributed by atoms with E-state index >= 15 is 0 Å². The number of ether oxygens (including phenoxy) is 1. The Morgan fingerprint density at radius 1 is 1.11 bits per heavy atom. The Hall–Kier alpha value is -4.24. The molecule has 178 valence electrons. The number of nitrogens with zero attached hydrogens (tertiary/aromatic N) is 2. The van der Waals surface area contributed by atoms with Crippen LogP contribution in [0.3, 0.4) is 0 Å². The number of nitrogens with one attached hydrogen (secondary N) is 1. The van der Waals surface area contributed by atoms with Gasteiger partial charge in [-0.1, -0.05) is 18.2 Å². The maximum atomic E-state index is 12.7. The summed E-state index contributed by atoms with van der Waals surface area (Å²) in [6, 6.07) is 16.2. The van der Waals surface area contributed by atoms with E-state index in [1.54, 1.807) is 31.2 Å².